The zero-order chi connectivity index (χ0) is 12.6. The lowest BCUT2D eigenvalue weighted by atomic mass is 10.2. The largest absolute Gasteiger partial charge is 0.465 e. The van der Waals surface area contributed by atoms with Crippen LogP contribution in [0.5, 0.6) is 0 Å². The Morgan fingerprint density at radius 3 is 2.50 bits per heavy atom. The van der Waals surface area contributed by atoms with E-state index in [1.807, 2.05) is 0 Å². The molecule has 0 saturated carbocycles. The molecule has 0 atom stereocenters. The fourth-order valence-corrected chi connectivity index (χ4v) is 0.814. The molecule has 0 radical (unpaired) electrons. The number of rotatable bonds is 6. The van der Waals surface area contributed by atoms with Crippen molar-refractivity contribution in [3.63, 3.8) is 0 Å². The molecule has 0 rings (SSSR count). The van der Waals surface area contributed by atoms with E-state index in [0.717, 1.165) is 0 Å². The molecule has 0 fully saturated rings. The zero-order valence-corrected chi connectivity index (χ0v) is 9.12. The molecule has 0 aromatic heterocycles. The number of nitrogens with one attached hydrogen (secondary N) is 2. The number of methoxy groups -OCH3 is 1. The van der Waals surface area contributed by atoms with Crippen molar-refractivity contribution < 1.29 is 9.53 Å². The Hall–Kier alpha value is -2.30. The predicted octanol–water partition coefficient (Wildman–Crippen LogP) is 0.825. The van der Waals surface area contributed by atoms with Crippen molar-refractivity contribution in [2.45, 2.75) is 0 Å². The Morgan fingerprint density at radius 2 is 2.12 bits per heavy atom. The fraction of sp³-hybridized carbons (Fsp3) is 0.0909. The SMILES string of the molecule is C=C/C=C(\C=C)N/C=C(\C(=N)N)C(=O)OC. The highest BCUT2D eigenvalue weighted by molar-refractivity contribution is 6.16. The van der Waals surface area contributed by atoms with Crippen LogP contribution < -0.4 is 11.1 Å². The summed E-state index contributed by atoms with van der Waals surface area (Å²) in [6.45, 7) is 7.08. The van der Waals surface area contributed by atoms with Crippen LogP contribution in [0.2, 0.25) is 0 Å². The molecule has 5 heteroatoms. The Bertz CT molecular complexity index is 367. The molecule has 16 heavy (non-hydrogen) atoms. The summed E-state index contributed by atoms with van der Waals surface area (Å²) in [5.74, 6) is -1.05. The molecule has 0 aliphatic carbocycles. The van der Waals surface area contributed by atoms with Gasteiger partial charge in [0.2, 0.25) is 0 Å². The van der Waals surface area contributed by atoms with Gasteiger partial charge in [0.15, 0.2) is 0 Å². The maximum atomic E-state index is 11.2. The standard InChI is InChI=1S/C11H15N3O2/c1-4-6-8(5-2)14-7-9(10(12)13)11(15)16-3/h4-7,14H,1-2H2,3H3,(H3,12,13)/b8-6+,9-7+. The third kappa shape index (κ3) is 4.28. The molecule has 0 saturated heterocycles. The van der Waals surface area contributed by atoms with Crippen LogP contribution in [-0.2, 0) is 9.53 Å². The topological polar surface area (TPSA) is 88.2 Å². The van der Waals surface area contributed by atoms with Crippen molar-refractivity contribution >= 4 is 11.8 Å². The van der Waals surface area contributed by atoms with Gasteiger partial charge in [-0.15, -0.1) is 0 Å². The molecule has 0 amide bonds. The number of carbonyl (C=O) groups excluding carboxylic acids is 1. The molecule has 86 valence electrons. The van der Waals surface area contributed by atoms with E-state index in [1.165, 1.54) is 19.4 Å². The molecule has 0 aromatic carbocycles. The first-order valence-corrected chi connectivity index (χ1v) is 4.41. The lowest BCUT2D eigenvalue weighted by molar-refractivity contribution is -0.135. The van der Waals surface area contributed by atoms with Gasteiger partial charge >= 0.3 is 5.97 Å². The average Bonchev–Trinajstić information content (AvgIpc) is 2.26. The van der Waals surface area contributed by atoms with Crippen LogP contribution >= 0.6 is 0 Å². The first-order valence-electron chi connectivity index (χ1n) is 4.41. The second kappa shape index (κ2) is 7.05. The Morgan fingerprint density at radius 1 is 1.50 bits per heavy atom. The molecule has 5 nitrogen and oxygen atoms in total. The van der Waals surface area contributed by atoms with Gasteiger partial charge in [-0.3, -0.25) is 5.41 Å². The Balaban J connectivity index is 4.88. The second-order valence-electron chi connectivity index (χ2n) is 2.67. The smallest absolute Gasteiger partial charge is 0.343 e. The second-order valence-corrected chi connectivity index (χ2v) is 2.67. The normalized spacial score (nSPS) is 11.6. The molecular weight excluding hydrogens is 206 g/mol. The van der Waals surface area contributed by atoms with Crippen molar-refractivity contribution in [3.05, 3.63) is 48.9 Å². The third-order valence-electron chi connectivity index (χ3n) is 1.60. The van der Waals surface area contributed by atoms with Crippen molar-refractivity contribution in [2.75, 3.05) is 7.11 Å². The first-order chi connectivity index (χ1) is 7.56. The van der Waals surface area contributed by atoms with E-state index < -0.39 is 5.97 Å². The van der Waals surface area contributed by atoms with Crippen LogP contribution in [0, 0.1) is 5.41 Å². The molecule has 0 unspecified atom stereocenters. The van der Waals surface area contributed by atoms with E-state index in [-0.39, 0.29) is 11.4 Å². The summed E-state index contributed by atoms with van der Waals surface area (Å²) in [7, 11) is 1.22. The summed E-state index contributed by atoms with van der Waals surface area (Å²) >= 11 is 0. The summed E-state index contributed by atoms with van der Waals surface area (Å²) < 4.78 is 4.47. The summed E-state index contributed by atoms with van der Waals surface area (Å²) in [6.07, 6.45) is 6.03. The molecular formula is C11H15N3O2. The monoisotopic (exact) mass is 221 g/mol. The van der Waals surface area contributed by atoms with Crippen LogP contribution in [0.3, 0.4) is 0 Å². The van der Waals surface area contributed by atoms with Crippen molar-refractivity contribution in [1.29, 1.82) is 5.41 Å². The molecule has 0 bridgehead atoms. The van der Waals surface area contributed by atoms with Gasteiger partial charge in [-0.05, 0) is 12.2 Å². The van der Waals surface area contributed by atoms with Crippen LogP contribution in [0.4, 0.5) is 0 Å². The average molecular weight is 221 g/mol. The molecule has 4 N–H and O–H groups in total. The fourth-order valence-electron chi connectivity index (χ4n) is 0.814. The number of carbonyl (C=O) groups is 1. The highest BCUT2D eigenvalue weighted by Gasteiger charge is 2.12. The third-order valence-corrected chi connectivity index (χ3v) is 1.60. The van der Waals surface area contributed by atoms with Gasteiger partial charge in [-0.25, -0.2) is 4.79 Å². The lowest BCUT2D eigenvalue weighted by Crippen LogP contribution is -2.23. The number of hydrogen-bond donors (Lipinski definition) is 3. The maximum absolute atomic E-state index is 11.2. The number of amidine groups is 1. The van der Waals surface area contributed by atoms with E-state index in [0.29, 0.717) is 5.70 Å². The van der Waals surface area contributed by atoms with E-state index >= 15 is 0 Å². The van der Waals surface area contributed by atoms with E-state index in [2.05, 4.69) is 23.2 Å². The molecule has 0 aliphatic rings. The van der Waals surface area contributed by atoms with Crippen LogP contribution in [-0.4, -0.2) is 18.9 Å². The van der Waals surface area contributed by atoms with Crippen molar-refractivity contribution in [2.24, 2.45) is 5.73 Å². The highest BCUT2D eigenvalue weighted by Crippen LogP contribution is 1.98. The minimum atomic E-state index is -0.679. The molecule has 0 spiro atoms. The van der Waals surface area contributed by atoms with Gasteiger partial charge in [-0.2, -0.15) is 0 Å². The quantitative estimate of drug-likeness (QED) is 0.204. The van der Waals surface area contributed by atoms with E-state index in [1.54, 1.807) is 12.2 Å². The van der Waals surface area contributed by atoms with Gasteiger partial charge < -0.3 is 15.8 Å². The molecule has 0 heterocycles. The van der Waals surface area contributed by atoms with Gasteiger partial charge in [-0.1, -0.05) is 19.2 Å². The number of hydrogen-bond acceptors (Lipinski definition) is 4. The number of ether oxygens (including phenoxy) is 1. The zero-order valence-electron chi connectivity index (χ0n) is 9.12. The number of esters is 1. The maximum Gasteiger partial charge on any atom is 0.343 e. The summed E-state index contributed by atoms with van der Waals surface area (Å²) in [5, 5.41) is 9.95. The Labute approximate surface area is 94.5 Å². The van der Waals surface area contributed by atoms with Crippen LogP contribution in [0.25, 0.3) is 0 Å². The van der Waals surface area contributed by atoms with Crippen LogP contribution in [0.15, 0.2) is 48.9 Å². The van der Waals surface area contributed by atoms with Crippen molar-refractivity contribution in [1.82, 2.24) is 5.32 Å². The first kappa shape index (κ1) is 13.7. The van der Waals surface area contributed by atoms with Gasteiger partial charge in [0.05, 0.1) is 7.11 Å². The van der Waals surface area contributed by atoms with Crippen LogP contribution in [0.1, 0.15) is 0 Å². The summed E-state index contributed by atoms with van der Waals surface area (Å²) in [6, 6.07) is 0. The summed E-state index contributed by atoms with van der Waals surface area (Å²) in [4.78, 5) is 11.2. The predicted molar refractivity (Wildman–Crippen MR) is 63.6 cm³/mol. The van der Waals surface area contributed by atoms with E-state index in [4.69, 9.17) is 11.1 Å². The van der Waals surface area contributed by atoms with Crippen molar-refractivity contribution in [3.8, 4) is 0 Å². The molecule has 0 aromatic rings. The minimum absolute atomic E-state index is 0.0562. The number of nitrogens with two attached hydrogens (primary N) is 1. The number of allylic oxidation sites excluding steroid dienone is 3. The van der Waals surface area contributed by atoms with E-state index in [9.17, 15) is 4.79 Å². The lowest BCUT2D eigenvalue weighted by Gasteiger charge is -2.05. The highest BCUT2D eigenvalue weighted by atomic mass is 16.5. The minimum Gasteiger partial charge on any atom is -0.465 e. The van der Waals surface area contributed by atoms with Gasteiger partial charge in [0.25, 0.3) is 0 Å². The van der Waals surface area contributed by atoms with Gasteiger partial charge in [0.1, 0.15) is 11.4 Å². The molecule has 0 aliphatic heterocycles. The Kier molecular flexibility index (Phi) is 6.04. The van der Waals surface area contributed by atoms with Gasteiger partial charge in [0, 0.05) is 11.9 Å². The summed E-state index contributed by atoms with van der Waals surface area (Å²) in [5.41, 5.74) is 5.79.